The van der Waals surface area contributed by atoms with Gasteiger partial charge < -0.3 is 14.8 Å². The number of H-pyrrole nitrogens is 1. The lowest BCUT2D eigenvalue weighted by atomic mass is 10.2. The fraction of sp³-hybridized carbons (Fsp3) is 0.222. The summed E-state index contributed by atoms with van der Waals surface area (Å²) in [5.41, 5.74) is 0.818. The Hall–Kier alpha value is -1.76. The molecular formula is C9H7F3N2O2. The van der Waals surface area contributed by atoms with Gasteiger partial charge in [-0.2, -0.15) is 0 Å². The van der Waals surface area contributed by atoms with Crippen molar-refractivity contribution in [1.82, 2.24) is 9.97 Å². The molecular weight excluding hydrogens is 225 g/mol. The highest BCUT2D eigenvalue weighted by atomic mass is 19.4. The van der Waals surface area contributed by atoms with Gasteiger partial charge in [-0.25, -0.2) is 4.98 Å². The predicted octanol–water partition coefficient (Wildman–Crippen LogP) is 1.95. The third kappa shape index (κ3) is 1.94. The number of imidazole rings is 1. The second-order valence-corrected chi connectivity index (χ2v) is 3.05. The number of alkyl halides is 3. The Morgan fingerprint density at radius 3 is 2.75 bits per heavy atom. The van der Waals surface area contributed by atoms with Gasteiger partial charge in [0.25, 0.3) is 0 Å². The third-order valence-electron chi connectivity index (χ3n) is 2.02. The Bertz CT molecular complexity index is 507. The van der Waals surface area contributed by atoms with E-state index in [0.29, 0.717) is 5.56 Å². The van der Waals surface area contributed by atoms with Crippen LogP contribution in [0, 0.1) is 0 Å². The fourth-order valence-corrected chi connectivity index (χ4v) is 1.40. The van der Waals surface area contributed by atoms with Crippen LogP contribution in [0.15, 0.2) is 18.5 Å². The van der Waals surface area contributed by atoms with Crippen molar-refractivity contribution in [3.63, 3.8) is 0 Å². The molecule has 4 nitrogen and oxygen atoms in total. The summed E-state index contributed by atoms with van der Waals surface area (Å²) in [5, 5.41) is 8.96. The van der Waals surface area contributed by atoms with Crippen molar-refractivity contribution in [2.45, 2.75) is 13.0 Å². The predicted molar refractivity (Wildman–Crippen MR) is 48.7 cm³/mol. The van der Waals surface area contributed by atoms with E-state index < -0.39 is 6.36 Å². The van der Waals surface area contributed by atoms with E-state index in [1.54, 1.807) is 0 Å². The summed E-state index contributed by atoms with van der Waals surface area (Å²) < 4.78 is 40.0. The molecule has 7 heteroatoms. The molecule has 0 radical (unpaired) electrons. The van der Waals surface area contributed by atoms with Gasteiger partial charge in [-0.1, -0.05) is 6.07 Å². The minimum atomic E-state index is -4.75. The van der Waals surface area contributed by atoms with Gasteiger partial charge in [-0.05, 0) is 6.07 Å². The number of fused-ring (bicyclic) bond motifs is 1. The van der Waals surface area contributed by atoms with Gasteiger partial charge in [0.2, 0.25) is 0 Å². The largest absolute Gasteiger partial charge is 0.573 e. The van der Waals surface area contributed by atoms with Gasteiger partial charge in [0.05, 0.1) is 18.5 Å². The molecule has 0 spiro atoms. The van der Waals surface area contributed by atoms with Gasteiger partial charge >= 0.3 is 6.36 Å². The van der Waals surface area contributed by atoms with Crippen molar-refractivity contribution in [2.24, 2.45) is 0 Å². The molecule has 0 fully saturated rings. The number of hydrogen-bond donors (Lipinski definition) is 2. The van der Waals surface area contributed by atoms with Crippen LogP contribution < -0.4 is 4.74 Å². The molecule has 1 aromatic carbocycles. The number of aliphatic hydroxyl groups excluding tert-OH is 1. The summed E-state index contributed by atoms with van der Waals surface area (Å²) in [6.45, 7) is -0.298. The number of nitrogens with one attached hydrogen (secondary N) is 1. The maximum atomic E-state index is 12.1. The molecule has 86 valence electrons. The van der Waals surface area contributed by atoms with Crippen LogP contribution in [0.25, 0.3) is 11.0 Å². The Morgan fingerprint density at radius 1 is 1.38 bits per heavy atom. The van der Waals surface area contributed by atoms with E-state index in [4.69, 9.17) is 5.11 Å². The van der Waals surface area contributed by atoms with Crippen molar-refractivity contribution in [2.75, 3.05) is 0 Å². The summed E-state index contributed by atoms with van der Waals surface area (Å²) in [5.74, 6) is -0.364. The molecule has 0 saturated carbocycles. The lowest BCUT2D eigenvalue weighted by Gasteiger charge is -2.10. The Balaban J connectivity index is 2.52. The number of hydrogen-bond acceptors (Lipinski definition) is 3. The zero-order chi connectivity index (χ0) is 11.8. The smallest absolute Gasteiger partial charge is 0.403 e. The van der Waals surface area contributed by atoms with Crippen LogP contribution >= 0.6 is 0 Å². The van der Waals surface area contributed by atoms with Crippen LogP contribution in [0.4, 0.5) is 13.2 Å². The number of nitrogens with zero attached hydrogens (tertiary/aromatic N) is 1. The molecule has 2 aromatic rings. The molecule has 0 aliphatic heterocycles. The van der Waals surface area contributed by atoms with Crippen molar-refractivity contribution in [3.05, 3.63) is 24.0 Å². The first-order valence-corrected chi connectivity index (χ1v) is 4.33. The van der Waals surface area contributed by atoms with Gasteiger partial charge in [-0.3, -0.25) is 0 Å². The molecule has 2 rings (SSSR count). The highest BCUT2D eigenvalue weighted by Gasteiger charge is 2.32. The van der Waals surface area contributed by atoms with E-state index in [9.17, 15) is 13.2 Å². The number of aromatic nitrogens is 2. The number of aliphatic hydroxyl groups is 1. The highest BCUT2D eigenvalue weighted by molar-refractivity contribution is 5.84. The molecule has 0 atom stereocenters. The standard InChI is InChI=1S/C9H7F3N2O2/c10-9(11,12)16-6-2-1-5(3-15)7-8(6)14-4-13-7/h1-2,4,15H,3H2,(H,13,14). The molecule has 0 aliphatic carbocycles. The molecule has 1 aromatic heterocycles. The van der Waals surface area contributed by atoms with Crippen LogP contribution in [-0.4, -0.2) is 21.4 Å². The molecule has 16 heavy (non-hydrogen) atoms. The maximum Gasteiger partial charge on any atom is 0.573 e. The van der Waals surface area contributed by atoms with E-state index in [0.717, 1.165) is 6.07 Å². The van der Waals surface area contributed by atoms with Gasteiger partial charge in [0, 0.05) is 5.56 Å². The quantitative estimate of drug-likeness (QED) is 0.832. The fourth-order valence-electron chi connectivity index (χ4n) is 1.40. The van der Waals surface area contributed by atoms with Crippen LogP contribution in [0.2, 0.25) is 0 Å². The van der Waals surface area contributed by atoms with Gasteiger partial charge in [0.1, 0.15) is 5.52 Å². The average molecular weight is 232 g/mol. The van der Waals surface area contributed by atoms with E-state index in [2.05, 4.69) is 14.7 Å². The molecule has 0 aliphatic rings. The lowest BCUT2D eigenvalue weighted by Crippen LogP contribution is -2.17. The number of halogens is 3. The second-order valence-electron chi connectivity index (χ2n) is 3.05. The van der Waals surface area contributed by atoms with Crippen LogP contribution in [0.5, 0.6) is 5.75 Å². The monoisotopic (exact) mass is 232 g/mol. The first kappa shape index (κ1) is 10.7. The topological polar surface area (TPSA) is 58.1 Å². The zero-order valence-corrected chi connectivity index (χ0v) is 7.88. The first-order chi connectivity index (χ1) is 7.51. The van der Waals surface area contributed by atoms with E-state index in [-0.39, 0.29) is 23.4 Å². The summed E-state index contributed by atoms with van der Waals surface area (Å²) in [4.78, 5) is 6.36. The van der Waals surface area contributed by atoms with E-state index >= 15 is 0 Å². The third-order valence-corrected chi connectivity index (χ3v) is 2.02. The van der Waals surface area contributed by atoms with Gasteiger partial charge in [-0.15, -0.1) is 13.2 Å². The van der Waals surface area contributed by atoms with E-state index in [1.807, 2.05) is 0 Å². The van der Waals surface area contributed by atoms with Crippen molar-refractivity contribution in [1.29, 1.82) is 0 Å². The average Bonchev–Trinajstić information content (AvgIpc) is 2.65. The van der Waals surface area contributed by atoms with Crippen molar-refractivity contribution >= 4 is 11.0 Å². The summed E-state index contributed by atoms with van der Waals surface area (Å²) in [7, 11) is 0. The van der Waals surface area contributed by atoms with E-state index in [1.165, 1.54) is 12.4 Å². The maximum absolute atomic E-state index is 12.1. The van der Waals surface area contributed by atoms with Crippen molar-refractivity contribution in [3.8, 4) is 5.75 Å². The Kier molecular flexibility index (Phi) is 2.47. The highest BCUT2D eigenvalue weighted by Crippen LogP contribution is 2.30. The number of benzene rings is 1. The molecule has 1 heterocycles. The van der Waals surface area contributed by atoms with Crippen LogP contribution in [0.3, 0.4) is 0 Å². The Labute approximate surface area is 87.7 Å². The Morgan fingerprint density at radius 2 is 2.12 bits per heavy atom. The normalized spacial score (nSPS) is 12.0. The summed E-state index contributed by atoms with van der Waals surface area (Å²) >= 11 is 0. The molecule has 0 unspecified atom stereocenters. The van der Waals surface area contributed by atoms with Crippen molar-refractivity contribution < 1.29 is 23.0 Å². The van der Waals surface area contributed by atoms with Gasteiger partial charge in [0.15, 0.2) is 5.75 Å². The second kappa shape index (κ2) is 3.67. The first-order valence-electron chi connectivity index (χ1n) is 4.33. The molecule has 0 amide bonds. The van der Waals surface area contributed by atoms with Crippen LogP contribution in [0.1, 0.15) is 5.56 Å². The minimum Gasteiger partial charge on any atom is -0.403 e. The number of ether oxygens (including phenoxy) is 1. The number of rotatable bonds is 2. The van der Waals surface area contributed by atoms with Crippen LogP contribution in [-0.2, 0) is 6.61 Å². The lowest BCUT2D eigenvalue weighted by molar-refractivity contribution is -0.274. The molecule has 0 bridgehead atoms. The molecule has 0 saturated heterocycles. The summed E-state index contributed by atoms with van der Waals surface area (Å²) in [6.07, 6.45) is -3.51. The zero-order valence-electron chi connectivity index (χ0n) is 7.88. The minimum absolute atomic E-state index is 0.115. The summed E-state index contributed by atoms with van der Waals surface area (Å²) in [6, 6.07) is 2.48. The SMILES string of the molecule is OCc1ccc(OC(F)(F)F)c2[nH]cnc12. The molecule has 2 N–H and O–H groups in total. The number of aromatic amines is 1.